The Hall–Kier alpha value is -2.30. The fourth-order valence-electron chi connectivity index (χ4n) is 3.01. The van der Waals surface area contributed by atoms with Crippen molar-refractivity contribution in [2.24, 2.45) is 0 Å². The summed E-state index contributed by atoms with van der Waals surface area (Å²) in [4.78, 5) is 16.5. The number of esters is 1. The molecule has 158 valence electrons. The molecule has 0 amide bonds. The largest absolute Gasteiger partial charge is 0.452 e. The van der Waals surface area contributed by atoms with Crippen LogP contribution in [0.2, 0.25) is 0 Å². The van der Waals surface area contributed by atoms with Gasteiger partial charge in [-0.25, -0.2) is 13.2 Å². The van der Waals surface area contributed by atoms with Crippen molar-refractivity contribution in [3.05, 3.63) is 41.5 Å². The molecule has 9 nitrogen and oxygen atoms in total. The number of hydrogen-bond donors (Lipinski definition) is 0. The van der Waals surface area contributed by atoms with Gasteiger partial charge < -0.3 is 14.0 Å². The van der Waals surface area contributed by atoms with Crippen molar-refractivity contribution in [2.45, 2.75) is 57.3 Å². The molecule has 1 aliphatic rings. The van der Waals surface area contributed by atoms with Crippen LogP contribution in [0.3, 0.4) is 0 Å². The van der Waals surface area contributed by atoms with Gasteiger partial charge in [0.05, 0.1) is 22.7 Å². The molecule has 29 heavy (non-hydrogen) atoms. The summed E-state index contributed by atoms with van der Waals surface area (Å²) in [6, 6.07) is 5.66. The molecule has 0 bridgehead atoms. The van der Waals surface area contributed by atoms with Crippen LogP contribution in [-0.4, -0.2) is 54.1 Å². The van der Waals surface area contributed by atoms with Gasteiger partial charge in [0, 0.05) is 19.0 Å². The average Bonchev–Trinajstić information content (AvgIpc) is 3.15. The molecule has 1 aromatic carbocycles. The Balaban J connectivity index is 1.64. The van der Waals surface area contributed by atoms with Gasteiger partial charge in [-0.05, 0) is 38.1 Å². The van der Waals surface area contributed by atoms with E-state index in [-0.39, 0.29) is 41.1 Å². The molecule has 0 spiro atoms. The van der Waals surface area contributed by atoms with Crippen LogP contribution in [0.1, 0.15) is 55.7 Å². The van der Waals surface area contributed by atoms with Crippen LogP contribution in [0.25, 0.3) is 0 Å². The lowest BCUT2D eigenvalue weighted by Crippen LogP contribution is -2.48. The highest BCUT2D eigenvalue weighted by Crippen LogP contribution is 2.22. The fraction of sp³-hybridized carbons (Fsp3) is 0.526. The van der Waals surface area contributed by atoms with Crippen LogP contribution in [0.15, 0.2) is 33.7 Å². The molecule has 0 radical (unpaired) electrons. The summed E-state index contributed by atoms with van der Waals surface area (Å²) in [5.41, 5.74) is 0.233. The molecule has 1 fully saturated rings. The van der Waals surface area contributed by atoms with Gasteiger partial charge in [-0.1, -0.05) is 19.0 Å². The molecule has 2 atom stereocenters. The van der Waals surface area contributed by atoms with Crippen molar-refractivity contribution >= 4 is 16.0 Å². The van der Waals surface area contributed by atoms with E-state index < -0.39 is 16.0 Å². The summed E-state index contributed by atoms with van der Waals surface area (Å²) < 4.78 is 42.9. The van der Waals surface area contributed by atoms with Gasteiger partial charge in [0.2, 0.25) is 10.0 Å². The van der Waals surface area contributed by atoms with E-state index in [4.69, 9.17) is 14.0 Å². The number of morpholine rings is 1. The van der Waals surface area contributed by atoms with Gasteiger partial charge in [0.1, 0.15) is 0 Å². The van der Waals surface area contributed by atoms with E-state index >= 15 is 0 Å². The van der Waals surface area contributed by atoms with Crippen LogP contribution < -0.4 is 0 Å². The first-order chi connectivity index (χ1) is 13.7. The molecule has 1 saturated heterocycles. The summed E-state index contributed by atoms with van der Waals surface area (Å²) in [5.74, 6) is 0.246. The number of sulfonamides is 1. The first-order valence-corrected chi connectivity index (χ1v) is 10.9. The third-order valence-corrected chi connectivity index (χ3v) is 6.29. The van der Waals surface area contributed by atoms with E-state index in [1.54, 1.807) is 0 Å². The Bertz CT molecular complexity index is 945. The Morgan fingerprint density at radius 2 is 1.83 bits per heavy atom. The smallest absolute Gasteiger partial charge is 0.338 e. The quantitative estimate of drug-likeness (QED) is 0.651. The molecule has 2 unspecified atom stereocenters. The van der Waals surface area contributed by atoms with Gasteiger partial charge in [0.15, 0.2) is 12.4 Å². The number of nitrogens with zero attached hydrogens (tertiary/aromatic N) is 3. The Labute approximate surface area is 170 Å². The van der Waals surface area contributed by atoms with E-state index in [1.807, 2.05) is 27.7 Å². The molecule has 1 aliphatic heterocycles. The molecule has 0 saturated carbocycles. The minimum Gasteiger partial charge on any atom is -0.452 e. The zero-order valence-corrected chi connectivity index (χ0v) is 17.7. The summed E-state index contributed by atoms with van der Waals surface area (Å²) >= 11 is 0. The fourth-order valence-corrected chi connectivity index (χ4v) is 4.60. The van der Waals surface area contributed by atoms with Gasteiger partial charge in [-0.2, -0.15) is 9.29 Å². The molecule has 0 aliphatic carbocycles. The average molecular weight is 423 g/mol. The molecule has 1 aromatic heterocycles. The molecule has 2 heterocycles. The zero-order valence-electron chi connectivity index (χ0n) is 16.9. The molecule has 0 N–H and O–H groups in total. The molecular formula is C19H25N3O6S. The van der Waals surface area contributed by atoms with E-state index in [9.17, 15) is 13.2 Å². The van der Waals surface area contributed by atoms with Crippen LogP contribution in [0, 0.1) is 0 Å². The van der Waals surface area contributed by atoms with E-state index in [0.29, 0.717) is 18.9 Å². The van der Waals surface area contributed by atoms with Gasteiger partial charge in [0.25, 0.3) is 5.89 Å². The lowest BCUT2D eigenvalue weighted by atomic mass is 10.2. The number of ether oxygens (including phenoxy) is 2. The van der Waals surface area contributed by atoms with Crippen molar-refractivity contribution in [1.29, 1.82) is 0 Å². The predicted molar refractivity (Wildman–Crippen MR) is 103 cm³/mol. The van der Waals surface area contributed by atoms with E-state index in [2.05, 4.69) is 10.1 Å². The van der Waals surface area contributed by atoms with Crippen LogP contribution >= 0.6 is 0 Å². The standard InChI is InChI=1S/C19H25N3O6S/c1-12(2)18-20-17(28-21-18)11-26-19(23)15-5-7-16(8-6-15)29(24,25)22-9-13(3)27-14(4)10-22/h5-8,12-14H,9-11H2,1-4H3. The summed E-state index contributed by atoms with van der Waals surface area (Å²) in [7, 11) is -3.66. The lowest BCUT2D eigenvalue weighted by molar-refractivity contribution is -0.0440. The molecule has 10 heteroatoms. The number of aromatic nitrogens is 2. The van der Waals surface area contributed by atoms with Crippen molar-refractivity contribution in [3.63, 3.8) is 0 Å². The second-order valence-electron chi connectivity index (χ2n) is 7.38. The minimum absolute atomic E-state index is 0.107. The van der Waals surface area contributed by atoms with Crippen LogP contribution in [0.5, 0.6) is 0 Å². The Kier molecular flexibility index (Phi) is 6.35. The number of benzene rings is 1. The van der Waals surface area contributed by atoms with Gasteiger partial charge in [-0.15, -0.1) is 0 Å². The monoisotopic (exact) mass is 423 g/mol. The lowest BCUT2D eigenvalue weighted by Gasteiger charge is -2.34. The summed E-state index contributed by atoms with van der Waals surface area (Å²) in [5, 5.41) is 3.80. The normalized spacial score (nSPS) is 20.7. The second kappa shape index (κ2) is 8.60. The summed E-state index contributed by atoms with van der Waals surface area (Å²) in [6.45, 7) is 7.96. The number of carbonyl (C=O) groups excluding carboxylic acids is 1. The van der Waals surface area contributed by atoms with Crippen LogP contribution in [-0.2, 0) is 26.1 Å². The highest BCUT2D eigenvalue weighted by atomic mass is 32.2. The number of carbonyl (C=O) groups is 1. The van der Waals surface area contributed by atoms with E-state index in [0.717, 1.165) is 0 Å². The first kappa shape index (κ1) is 21.4. The second-order valence-corrected chi connectivity index (χ2v) is 9.32. The third kappa shape index (κ3) is 5.01. The third-order valence-electron chi connectivity index (χ3n) is 4.44. The van der Waals surface area contributed by atoms with Crippen molar-refractivity contribution in [1.82, 2.24) is 14.4 Å². The Morgan fingerprint density at radius 3 is 2.38 bits per heavy atom. The maximum absolute atomic E-state index is 12.9. The summed E-state index contributed by atoms with van der Waals surface area (Å²) in [6.07, 6.45) is -0.354. The van der Waals surface area contributed by atoms with Gasteiger partial charge >= 0.3 is 5.97 Å². The topological polar surface area (TPSA) is 112 Å². The van der Waals surface area contributed by atoms with Crippen LogP contribution in [0.4, 0.5) is 0 Å². The molecular weight excluding hydrogens is 398 g/mol. The first-order valence-electron chi connectivity index (χ1n) is 9.42. The SMILES string of the molecule is CC1CN(S(=O)(=O)c2ccc(C(=O)OCc3nc(C(C)C)no3)cc2)CC(C)O1. The van der Waals surface area contributed by atoms with Crippen molar-refractivity contribution in [2.75, 3.05) is 13.1 Å². The minimum atomic E-state index is -3.66. The predicted octanol–water partition coefficient (Wildman–Crippen LogP) is 2.35. The zero-order chi connectivity index (χ0) is 21.2. The van der Waals surface area contributed by atoms with Gasteiger partial charge in [-0.3, -0.25) is 0 Å². The molecule has 3 rings (SSSR count). The van der Waals surface area contributed by atoms with Crippen molar-refractivity contribution in [3.8, 4) is 0 Å². The maximum Gasteiger partial charge on any atom is 0.338 e. The number of hydrogen-bond acceptors (Lipinski definition) is 8. The molecule has 2 aromatic rings. The number of rotatable bonds is 6. The van der Waals surface area contributed by atoms with E-state index in [1.165, 1.54) is 28.6 Å². The maximum atomic E-state index is 12.9. The highest BCUT2D eigenvalue weighted by Gasteiger charge is 2.32. The Morgan fingerprint density at radius 1 is 1.21 bits per heavy atom. The van der Waals surface area contributed by atoms with Crippen molar-refractivity contribution < 1.29 is 27.2 Å². The highest BCUT2D eigenvalue weighted by molar-refractivity contribution is 7.89.